The number of amides is 1. The molecule has 2 atom stereocenters. The second-order valence-corrected chi connectivity index (χ2v) is 3.33. The van der Waals surface area contributed by atoms with E-state index in [2.05, 4.69) is 10.3 Å². The summed E-state index contributed by atoms with van der Waals surface area (Å²) < 4.78 is 13.1. The van der Waals surface area contributed by atoms with Gasteiger partial charge in [-0.25, -0.2) is 4.98 Å². The lowest BCUT2D eigenvalue weighted by molar-refractivity contribution is -0.119. The first-order valence-electron chi connectivity index (χ1n) is 4.73. The Morgan fingerprint density at radius 2 is 2.31 bits per heavy atom. The standard InChI is InChI=1S/C10H13FN2O3/c1-6(14)13-5-8(15)9(16)7-3-2-4-12-10(7)11/h2-4,8-9,15-16H,5H2,1H3,(H,13,14). The van der Waals surface area contributed by atoms with E-state index in [1.54, 1.807) is 0 Å². The Kier molecular flexibility index (Phi) is 4.33. The maximum atomic E-state index is 13.1. The molecule has 0 aliphatic heterocycles. The Morgan fingerprint density at radius 3 is 2.88 bits per heavy atom. The van der Waals surface area contributed by atoms with Crippen LogP contribution in [0.15, 0.2) is 18.3 Å². The van der Waals surface area contributed by atoms with Gasteiger partial charge in [0.2, 0.25) is 11.9 Å². The molecule has 0 aliphatic carbocycles. The summed E-state index contributed by atoms with van der Waals surface area (Å²) >= 11 is 0. The van der Waals surface area contributed by atoms with Crippen LogP contribution in [-0.2, 0) is 4.79 Å². The molecule has 6 heteroatoms. The number of halogens is 1. The van der Waals surface area contributed by atoms with Gasteiger partial charge in [-0.3, -0.25) is 4.79 Å². The SMILES string of the molecule is CC(=O)NCC(O)C(O)c1cccnc1F. The normalized spacial score (nSPS) is 14.2. The molecule has 1 rings (SSSR count). The molecule has 0 bridgehead atoms. The molecule has 0 aromatic carbocycles. The van der Waals surface area contributed by atoms with Crippen molar-refractivity contribution in [2.75, 3.05) is 6.54 Å². The summed E-state index contributed by atoms with van der Waals surface area (Å²) in [5, 5.41) is 21.4. The van der Waals surface area contributed by atoms with Gasteiger partial charge in [0, 0.05) is 25.2 Å². The zero-order valence-electron chi connectivity index (χ0n) is 8.72. The van der Waals surface area contributed by atoms with Crippen LogP contribution in [0.5, 0.6) is 0 Å². The fraction of sp³-hybridized carbons (Fsp3) is 0.400. The number of nitrogens with zero attached hydrogens (tertiary/aromatic N) is 1. The molecular weight excluding hydrogens is 215 g/mol. The van der Waals surface area contributed by atoms with E-state index in [1.807, 2.05) is 0 Å². The largest absolute Gasteiger partial charge is 0.388 e. The fourth-order valence-corrected chi connectivity index (χ4v) is 1.19. The Labute approximate surface area is 91.9 Å². The number of nitrogens with one attached hydrogen (secondary N) is 1. The third kappa shape index (κ3) is 3.25. The fourth-order valence-electron chi connectivity index (χ4n) is 1.19. The molecule has 16 heavy (non-hydrogen) atoms. The predicted octanol–water partition coefficient (Wildman–Crippen LogP) is -0.249. The third-order valence-electron chi connectivity index (χ3n) is 2.03. The topological polar surface area (TPSA) is 82.5 Å². The van der Waals surface area contributed by atoms with Crippen molar-refractivity contribution in [2.45, 2.75) is 19.1 Å². The second kappa shape index (κ2) is 5.53. The van der Waals surface area contributed by atoms with E-state index in [0.717, 1.165) is 0 Å². The summed E-state index contributed by atoms with van der Waals surface area (Å²) in [4.78, 5) is 13.9. The van der Waals surface area contributed by atoms with Crippen molar-refractivity contribution in [3.63, 3.8) is 0 Å². The summed E-state index contributed by atoms with van der Waals surface area (Å²) in [5.74, 6) is -1.17. The number of aliphatic hydroxyl groups excluding tert-OH is 2. The van der Waals surface area contributed by atoms with Gasteiger partial charge in [-0.1, -0.05) is 6.07 Å². The van der Waals surface area contributed by atoms with Crippen LogP contribution in [0.25, 0.3) is 0 Å². The number of carbonyl (C=O) groups excluding carboxylic acids is 1. The first kappa shape index (κ1) is 12.5. The van der Waals surface area contributed by atoms with Gasteiger partial charge >= 0.3 is 0 Å². The molecule has 3 N–H and O–H groups in total. The van der Waals surface area contributed by atoms with E-state index in [1.165, 1.54) is 25.3 Å². The number of aliphatic hydroxyl groups is 2. The van der Waals surface area contributed by atoms with Crippen LogP contribution in [0.3, 0.4) is 0 Å². The van der Waals surface area contributed by atoms with Crippen molar-refractivity contribution in [1.82, 2.24) is 10.3 Å². The molecule has 0 aliphatic rings. The third-order valence-corrected chi connectivity index (χ3v) is 2.03. The van der Waals surface area contributed by atoms with Gasteiger partial charge in [0.1, 0.15) is 12.2 Å². The Morgan fingerprint density at radius 1 is 1.62 bits per heavy atom. The second-order valence-electron chi connectivity index (χ2n) is 3.33. The van der Waals surface area contributed by atoms with E-state index in [-0.39, 0.29) is 18.0 Å². The molecule has 5 nitrogen and oxygen atoms in total. The predicted molar refractivity (Wildman–Crippen MR) is 53.8 cm³/mol. The lowest BCUT2D eigenvalue weighted by Crippen LogP contribution is -2.34. The van der Waals surface area contributed by atoms with E-state index in [4.69, 9.17) is 0 Å². The van der Waals surface area contributed by atoms with Crippen molar-refractivity contribution in [3.05, 3.63) is 29.8 Å². The van der Waals surface area contributed by atoms with E-state index < -0.39 is 18.2 Å². The summed E-state index contributed by atoms with van der Waals surface area (Å²) in [5.41, 5.74) is -0.0969. The van der Waals surface area contributed by atoms with Gasteiger partial charge in [-0.15, -0.1) is 0 Å². The molecule has 1 aromatic heterocycles. The van der Waals surface area contributed by atoms with Crippen LogP contribution in [0.1, 0.15) is 18.6 Å². The van der Waals surface area contributed by atoms with Gasteiger partial charge in [0.05, 0.1) is 0 Å². The number of hydrogen-bond acceptors (Lipinski definition) is 4. The minimum absolute atomic E-state index is 0.0969. The average molecular weight is 228 g/mol. The highest BCUT2D eigenvalue weighted by Crippen LogP contribution is 2.18. The van der Waals surface area contributed by atoms with Crippen molar-refractivity contribution in [3.8, 4) is 0 Å². The number of rotatable bonds is 4. The van der Waals surface area contributed by atoms with Gasteiger partial charge < -0.3 is 15.5 Å². The van der Waals surface area contributed by atoms with Crippen molar-refractivity contribution in [2.24, 2.45) is 0 Å². The Hall–Kier alpha value is -1.53. The molecule has 0 saturated heterocycles. The average Bonchev–Trinajstić information content (AvgIpc) is 2.25. The van der Waals surface area contributed by atoms with Crippen LogP contribution in [0.2, 0.25) is 0 Å². The smallest absolute Gasteiger partial charge is 0.218 e. The Bertz CT molecular complexity index is 373. The molecule has 1 amide bonds. The number of hydrogen-bond donors (Lipinski definition) is 3. The summed E-state index contributed by atoms with van der Waals surface area (Å²) in [7, 11) is 0. The monoisotopic (exact) mass is 228 g/mol. The van der Waals surface area contributed by atoms with E-state index >= 15 is 0 Å². The summed E-state index contributed by atoms with van der Waals surface area (Å²) in [6.45, 7) is 1.13. The van der Waals surface area contributed by atoms with Crippen LogP contribution in [0, 0.1) is 5.95 Å². The van der Waals surface area contributed by atoms with E-state index in [0.29, 0.717) is 0 Å². The summed E-state index contributed by atoms with van der Waals surface area (Å²) in [6, 6.07) is 2.77. The first-order chi connectivity index (χ1) is 7.52. The first-order valence-corrected chi connectivity index (χ1v) is 4.73. The molecule has 0 fully saturated rings. The maximum absolute atomic E-state index is 13.1. The van der Waals surface area contributed by atoms with Crippen molar-refractivity contribution >= 4 is 5.91 Å². The van der Waals surface area contributed by atoms with Crippen molar-refractivity contribution in [1.29, 1.82) is 0 Å². The van der Waals surface area contributed by atoms with Gasteiger partial charge in [0.15, 0.2) is 0 Å². The van der Waals surface area contributed by atoms with E-state index in [9.17, 15) is 19.4 Å². The van der Waals surface area contributed by atoms with Crippen molar-refractivity contribution < 1.29 is 19.4 Å². The van der Waals surface area contributed by atoms with Gasteiger partial charge in [0.25, 0.3) is 0 Å². The minimum atomic E-state index is -1.42. The Balaban J connectivity index is 2.66. The molecular formula is C10H13FN2O3. The van der Waals surface area contributed by atoms with Crippen LogP contribution < -0.4 is 5.32 Å². The highest BCUT2D eigenvalue weighted by atomic mass is 19.1. The highest BCUT2D eigenvalue weighted by Gasteiger charge is 2.21. The lowest BCUT2D eigenvalue weighted by atomic mass is 10.1. The zero-order valence-corrected chi connectivity index (χ0v) is 8.72. The molecule has 0 radical (unpaired) electrons. The number of carbonyl (C=O) groups is 1. The maximum Gasteiger partial charge on any atom is 0.218 e. The lowest BCUT2D eigenvalue weighted by Gasteiger charge is -2.18. The minimum Gasteiger partial charge on any atom is -0.388 e. The molecule has 0 saturated carbocycles. The number of pyridine rings is 1. The highest BCUT2D eigenvalue weighted by molar-refractivity contribution is 5.72. The zero-order chi connectivity index (χ0) is 12.1. The quantitative estimate of drug-likeness (QED) is 0.621. The van der Waals surface area contributed by atoms with Gasteiger partial charge in [-0.2, -0.15) is 4.39 Å². The van der Waals surface area contributed by atoms with Gasteiger partial charge in [-0.05, 0) is 6.07 Å². The molecule has 0 spiro atoms. The molecule has 1 heterocycles. The molecule has 1 aromatic rings. The van der Waals surface area contributed by atoms with Crippen LogP contribution in [0.4, 0.5) is 4.39 Å². The van der Waals surface area contributed by atoms with Crippen LogP contribution >= 0.6 is 0 Å². The molecule has 88 valence electrons. The summed E-state index contributed by atoms with van der Waals surface area (Å²) in [6.07, 6.45) is -1.45. The number of aromatic nitrogens is 1. The van der Waals surface area contributed by atoms with Crippen LogP contribution in [-0.4, -0.2) is 33.8 Å². The molecule has 2 unspecified atom stereocenters.